The molecule has 0 aromatic heterocycles. The predicted molar refractivity (Wildman–Crippen MR) is 36.4 cm³/mol. The SMILES string of the molecule is NC1(CCC(F)(F)C(F)(F)F)CC1. The van der Waals surface area contributed by atoms with Gasteiger partial charge in [0.15, 0.2) is 0 Å². The van der Waals surface area contributed by atoms with Gasteiger partial charge >= 0.3 is 12.1 Å². The zero-order chi connectivity index (χ0) is 10.3. The highest BCUT2D eigenvalue weighted by atomic mass is 19.4. The molecule has 0 bridgehead atoms. The molecular weight excluding hydrogens is 193 g/mol. The molecule has 0 heterocycles. The largest absolute Gasteiger partial charge is 0.453 e. The van der Waals surface area contributed by atoms with Crippen molar-refractivity contribution in [2.45, 2.75) is 43.3 Å². The normalized spacial score (nSPS) is 21.7. The van der Waals surface area contributed by atoms with E-state index < -0.39 is 24.1 Å². The second-order valence-electron chi connectivity index (χ2n) is 3.56. The van der Waals surface area contributed by atoms with Crippen LogP contribution in [0.2, 0.25) is 0 Å². The van der Waals surface area contributed by atoms with E-state index in [1.807, 2.05) is 0 Å². The van der Waals surface area contributed by atoms with Gasteiger partial charge < -0.3 is 5.73 Å². The van der Waals surface area contributed by atoms with E-state index in [9.17, 15) is 22.0 Å². The standard InChI is InChI=1S/C7H10F5N/c8-6(9,7(10,11)12)4-3-5(13)1-2-5/h1-4,13H2. The number of halogens is 5. The topological polar surface area (TPSA) is 26.0 Å². The lowest BCUT2D eigenvalue weighted by Crippen LogP contribution is -2.38. The molecule has 0 radical (unpaired) electrons. The van der Waals surface area contributed by atoms with Gasteiger partial charge in [-0.15, -0.1) is 0 Å². The first-order valence-electron chi connectivity index (χ1n) is 3.90. The first-order valence-corrected chi connectivity index (χ1v) is 3.90. The van der Waals surface area contributed by atoms with Crippen molar-refractivity contribution in [3.8, 4) is 0 Å². The summed E-state index contributed by atoms with van der Waals surface area (Å²) in [5, 5.41) is 0. The third kappa shape index (κ3) is 2.52. The minimum Gasteiger partial charge on any atom is -0.325 e. The van der Waals surface area contributed by atoms with Crippen molar-refractivity contribution in [3.63, 3.8) is 0 Å². The van der Waals surface area contributed by atoms with Crippen LogP contribution in [0.4, 0.5) is 22.0 Å². The molecule has 1 aliphatic carbocycles. The van der Waals surface area contributed by atoms with E-state index in [1.54, 1.807) is 0 Å². The molecule has 0 aromatic rings. The van der Waals surface area contributed by atoms with Crippen molar-refractivity contribution >= 4 is 0 Å². The van der Waals surface area contributed by atoms with Crippen LogP contribution in [0.25, 0.3) is 0 Å². The summed E-state index contributed by atoms with van der Waals surface area (Å²) in [6.45, 7) is 0. The Hall–Kier alpha value is -0.390. The maximum Gasteiger partial charge on any atom is 0.453 e. The van der Waals surface area contributed by atoms with Crippen LogP contribution in [0.5, 0.6) is 0 Å². The van der Waals surface area contributed by atoms with Crippen LogP contribution in [-0.2, 0) is 0 Å². The molecule has 0 spiro atoms. The van der Waals surface area contributed by atoms with Crippen LogP contribution in [0.15, 0.2) is 0 Å². The van der Waals surface area contributed by atoms with Gasteiger partial charge in [-0.3, -0.25) is 0 Å². The van der Waals surface area contributed by atoms with E-state index in [0.717, 1.165) is 0 Å². The second-order valence-corrected chi connectivity index (χ2v) is 3.56. The van der Waals surface area contributed by atoms with E-state index in [-0.39, 0.29) is 6.42 Å². The molecule has 1 nitrogen and oxygen atoms in total. The van der Waals surface area contributed by atoms with Crippen LogP contribution in [0.3, 0.4) is 0 Å². The molecule has 2 N–H and O–H groups in total. The van der Waals surface area contributed by atoms with E-state index in [1.165, 1.54) is 0 Å². The van der Waals surface area contributed by atoms with E-state index in [0.29, 0.717) is 12.8 Å². The molecule has 0 amide bonds. The maximum absolute atomic E-state index is 12.3. The summed E-state index contributed by atoms with van der Waals surface area (Å²) in [5.41, 5.74) is 4.64. The molecule has 1 fully saturated rings. The Morgan fingerprint density at radius 3 is 1.85 bits per heavy atom. The second kappa shape index (κ2) is 2.80. The van der Waals surface area contributed by atoms with Gasteiger partial charge in [0, 0.05) is 12.0 Å². The summed E-state index contributed by atoms with van der Waals surface area (Å²) in [6.07, 6.45) is -5.83. The Morgan fingerprint density at radius 1 is 1.08 bits per heavy atom. The van der Waals surface area contributed by atoms with Gasteiger partial charge in [-0.25, -0.2) is 0 Å². The lowest BCUT2D eigenvalue weighted by molar-refractivity contribution is -0.284. The van der Waals surface area contributed by atoms with Gasteiger partial charge in [0.1, 0.15) is 0 Å². The third-order valence-corrected chi connectivity index (χ3v) is 2.24. The van der Waals surface area contributed by atoms with Gasteiger partial charge in [0.05, 0.1) is 0 Å². The Bertz CT molecular complexity index is 194. The predicted octanol–water partition coefficient (Wildman–Crippen LogP) is 2.46. The van der Waals surface area contributed by atoms with Gasteiger partial charge in [-0.05, 0) is 19.3 Å². The Kier molecular flexibility index (Phi) is 2.30. The van der Waals surface area contributed by atoms with Crippen LogP contribution >= 0.6 is 0 Å². The lowest BCUT2D eigenvalue weighted by atomic mass is 10.1. The van der Waals surface area contributed by atoms with Crippen molar-refractivity contribution in [1.29, 1.82) is 0 Å². The number of nitrogens with two attached hydrogens (primary N) is 1. The third-order valence-electron chi connectivity index (χ3n) is 2.24. The fourth-order valence-electron chi connectivity index (χ4n) is 0.958. The minimum atomic E-state index is -5.45. The Morgan fingerprint density at radius 2 is 1.54 bits per heavy atom. The van der Waals surface area contributed by atoms with Crippen LogP contribution in [0.1, 0.15) is 25.7 Å². The molecule has 1 aliphatic rings. The Balaban J connectivity index is 2.42. The maximum atomic E-state index is 12.3. The number of alkyl halides is 5. The van der Waals surface area contributed by atoms with Gasteiger partial charge in [0.25, 0.3) is 0 Å². The first kappa shape index (κ1) is 10.7. The molecule has 0 unspecified atom stereocenters. The van der Waals surface area contributed by atoms with Crippen molar-refractivity contribution in [1.82, 2.24) is 0 Å². The minimum absolute atomic E-state index is 0.264. The van der Waals surface area contributed by atoms with Crippen molar-refractivity contribution in [2.24, 2.45) is 5.73 Å². The van der Waals surface area contributed by atoms with Gasteiger partial charge in [-0.1, -0.05) is 0 Å². The highest BCUT2D eigenvalue weighted by molar-refractivity contribution is 4.99. The molecule has 1 rings (SSSR count). The van der Waals surface area contributed by atoms with Gasteiger partial charge in [-0.2, -0.15) is 22.0 Å². The van der Waals surface area contributed by atoms with Crippen LogP contribution in [0, 0.1) is 0 Å². The van der Waals surface area contributed by atoms with Crippen molar-refractivity contribution in [3.05, 3.63) is 0 Å². The molecule has 78 valence electrons. The summed E-state index contributed by atoms with van der Waals surface area (Å²) in [7, 11) is 0. The number of rotatable bonds is 3. The van der Waals surface area contributed by atoms with E-state index in [4.69, 9.17) is 5.73 Å². The van der Waals surface area contributed by atoms with Crippen LogP contribution < -0.4 is 5.73 Å². The molecule has 13 heavy (non-hydrogen) atoms. The average molecular weight is 203 g/mol. The molecular formula is C7H10F5N. The smallest absolute Gasteiger partial charge is 0.325 e. The number of hydrogen-bond acceptors (Lipinski definition) is 1. The Labute approximate surface area is 72.1 Å². The first-order chi connectivity index (χ1) is 5.66. The fourth-order valence-corrected chi connectivity index (χ4v) is 0.958. The summed E-state index contributed by atoms with van der Waals surface area (Å²) < 4.78 is 59.5. The monoisotopic (exact) mass is 203 g/mol. The van der Waals surface area contributed by atoms with Gasteiger partial charge in [0.2, 0.25) is 0 Å². The molecule has 0 atom stereocenters. The van der Waals surface area contributed by atoms with Crippen LogP contribution in [-0.4, -0.2) is 17.6 Å². The lowest BCUT2D eigenvalue weighted by Gasteiger charge is -2.20. The fraction of sp³-hybridized carbons (Fsp3) is 1.00. The average Bonchev–Trinajstić information content (AvgIpc) is 2.63. The number of hydrogen-bond donors (Lipinski definition) is 1. The molecule has 1 saturated carbocycles. The van der Waals surface area contributed by atoms with Crippen molar-refractivity contribution < 1.29 is 22.0 Å². The summed E-state index contributed by atoms with van der Waals surface area (Å²) in [6, 6.07) is 0. The van der Waals surface area contributed by atoms with E-state index >= 15 is 0 Å². The quantitative estimate of drug-likeness (QED) is 0.700. The zero-order valence-corrected chi connectivity index (χ0v) is 6.80. The summed E-state index contributed by atoms with van der Waals surface area (Å²) in [5.74, 6) is -4.60. The molecule has 6 heteroatoms. The summed E-state index contributed by atoms with van der Waals surface area (Å²) >= 11 is 0. The highest BCUT2D eigenvalue weighted by Gasteiger charge is 2.58. The molecule has 0 aliphatic heterocycles. The molecule has 0 saturated heterocycles. The summed E-state index contributed by atoms with van der Waals surface area (Å²) in [4.78, 5) is 0. The van der Waals surface area contributed by atoms with E-state index in [2.05, 4.69) is 0 Å². The van der Waals surface area contributed by atoms with Crippen molar-refractivity contribution in [2.75, 3.05) is 0 Å². The molecule has 0 aromatic carbocycles. The highest BCUT2D eigenvalue weighted by Crippen LogP contribution is 2.44. The zero-order valence-electron chi connectivity index (χ0n) is 6.80.